The zero-order valence-electron chi connectivity index (χ0n) is 12.9. The van der Waals surface area contributed by atoms with Gasteiger partial charge in [0.05, 0.1) is 30.9 Å². The summed E-state index contributed by atoms with van der Waals surface area (Å²) in [6, 6.07) is 9.18. The lowest BCUT2D eigenvalue weighted by Crippen LogP contribution is -2.31. The van der Waals surface area contributed by atoms with Gasteiger partial charge in [-0.25, -0.2) is 9.59 Å². The maximum absolute atomic E-state index is 12.2. The van der Waals surface area contributed by atoms with Crippen molar-refractivity contribution in [2.45, 2.75) is 19.9 Å². The maximum atomic E-state index is 12.2. The number of methoxy groups -OCH3 is 1. The van der Waals surface area contributed by atoms with Crippen molar-refractivity contribution in [3.05, 3.63) is 58.8 Å². The summed E-state index contributed by atoms with van der Waals surface area (Å²) >= 11 is 0. The van der Waals surface area contributed by atoms with Crippen molar-refractivity contribution in [3.63, 3.8) is 0 Å². The third-order valence-electron chi connectivity index (χ3n) is 3.43. The van der Waals surface area contributed by atoms with Gasteiger partial charge in [-0.15, -0.1) is 0 Å². The Labute approximate surface area is 129 Å². The first kappa shape index (κ1) is 15.8. The molecule has 0 radical (unpaired) electrons. The molecule has 0 aliphatic carbocycles. The summed E-state index contributed by atoms with van der Waals surface area (Å²) in [6.45, 7) is 3.79. The normalized spacial score (nSPS) is 17.4. The Kier molecular flexibility index (Phi) is 4.99. The summed E-state index contributed by atoms with van der Waals surface area (Å²) in [5, 5.41) is 3.20. The third-order valence-corrected chi connectivity index (χ3v) is 3.43. The number of allylic oxidation sites excluding steroid dienone is 1. The van der Waals surface area contributed by atoms with E-state index in [-0.39, 0.29) is 12.6 Å². The lowest BCUT2D eigenvalue weighted by atomic mass is 9.92. The molecule has 1 N–H and O–H groups in total. The minimum Gasteiger partial charge on any atom is -0.465 e. The minimum atomic E-state index is -0.488. The molecule has 0 aromatic heterocycles. The van der Waals surface area contributed by atoms with Crippen LogP contribution < -0.4 is 5.32 Å². The number of carbonyl (C=O) groups excluding carboxylic acids is 2. The van der Waals surface area contributed by atoms with Crippen molar-refractivity contribution < 1.29 is 19.1 Å². The molecule has 1 aromatic rings. The van der Waals surface area contributed by atoms with Crippen LogP contribution in [0.3, 0.4) is 0 Å². The van der Waals surface area contributed by atoms with E-state index >= 15 is 0 Å². The number of carbonyl (C=O) groups is 2. The van der Waals surface area contributed by atoms with Gasteiger partial charge in [0.2, 0.25) is 0 Å². The third kappa shape index (κ3) is 3.19. The average molecular weight is 301 g/mol. The van der Waals surface area contributed by atoms with Gasteiger partial charge in [0.1, 0.15) is 0 Å². The van der Waals surface area contributed by atoms with Crippen LogP contribution in [0.2, 0.25) is 0 Å². The Bertz CT molecular complexity index is 631. The van der Waals surface area contributed by atoms with Crippen LogP contribution in [0.1, 0.15) is 25.5 Å². The highest BCUT2D eigenvalue weighted by molar-refractivity contribution is 5.98. The van der Waals surface area contributed by atoms with Gasteiger partial charge in [-0.3, -0.25) is 0 Å². The molecule has 0 saturated carbocycles. The van der Waals surface area contributed by atoms with E-state index in [0.29, 0.717) is 16.8 Å². The van der Waals surface area contributed by atoms with Crippen molar-refractivity contribution in [3.8, 4) is 0 Å². The zero-order chi connectivity index (χ0) is 16.1. The van der Waals surface area contributed by atoms with E-state index in [4.69, 9.17) is 9.47 Å². The molecule has 116 valence electrons. The highest BCUT2D eigenvalue weighted by Crippen LogP contribution is 2.30. The quantitative estimate of drug-likeness (QED) is 0.864. The van der Waals surface area contributed by atoms with Crippen LogP contribution in [0.15, 0.2) is 53.3 Å². The number of esters is 2. The first-order valence-corrected chi connectivity index (χ1v) is 7.07. The highest BCUT2D eigenvalue weighted by atomic mass is 16.5. The predicted octanol–water partition coefficient (Wildman–Crippen LogP) is 2.27. The first-order chi connectivity index (χ1) is 10.6. The monoisotopic (exact) mass is 301 g/mol. The van der Waals surface area contributed by atoms with E-state index in [2.05, 4.69) is 5.32 Å². The van der Waals surface area contributed by atoms with Gasteiger partial charge in [0.25, 0.3) is 0 Å². The maximum Gasteiger partial charge on any atom is 0.339 e. The van der Waals surface area contributed by atoms with Crippen LogP contribution >= 0.6 is 0 Å². The molecular weight excluding hydrogens is 282 g/mol. The lowest BCUT2D eigenvalue weighted by Gasteiger charge is -2.27. The smallest absolute Gasteiger partial charge is 0.339 e. The molecule has 5 heteroatoms. The Morgan fingerprint density at radius 3 is 2.45 bits per heavy atom. The Morgan fingerprint density at radius 2 is 1.86 bits per heavy atom. The van der Waals surface area contributed by atoms with Crippen LogP contribution in [0.5, 0.6) is 0 Å². The fraction of sp³-hybridized carbons (Fsp3) is 0.294. The number of dihydropyridines is 1. The summed E-state index contributed by atoms with van der Waals surface area (Å²) in [5.74, 6) is -0.934. The molecule has 1 aliphatic rings. The van der Waals surface area contributed by atoms with Gasteiger partial charge in [-0.1, -0.05) is 30.3 Å². The summed E-state index contributed by atoms with van der Waals surface area (Å²) < 4.78 is 9.86. The Hall–Kier alpha value is -2.56. The molecule has 0 spiro atoms. The Balaban J connectivity index is 2.45. The molecule has 0 bridgehead atoms. The zero-order valence-corrected chi connectivity index (χ0v) is 12.9. The second-order valence-electron chi connectivity index (χ2n) is 4.84. The van der Waals surface area contributed by atoms with Crippen LogP contribution in [-0.2, 0) is 19.1 Å². The largest absolute Gasteiger partial charge is 0.465 e. The molecule has 2 rings (SSSR count). The van der Waals surface area contributed by atoms with E-state index in [1.165, 1.54) is 7.11 Å². The molecule has 1 aromatic carbocycles. The second kappa shape index (κ2) is 6.93. The SMILES string of the molecule is CCOC(=O)C1=CC(C(=O)OC)=C(C)NC1c1ccccc1. The van der Waals surface area contributed by atoms with Gasteiger partial charge < -0.3 is 14.8 Å². The molecule has 1 atom stereocenters. The van der Waals surface area contributed by atoms with Gasteiger partial charge >= 0.3 is 11.9 Å². The molecule has 0 amide bonds. The number of hydrogen-bond acceptors (Lipinski definition) is 5. The molecule has 22 heavy (non-hydrogen) atoms. The van der Waals surface area contributed by atoms with Crippen molar-refractivity contribution in [2.75, 3.05) is 13.7 Å². The summed E-state index contributed by atoms with van der Waals surface area (Å²) in [6.07, 6.45) is 1.55. The van der Waals surface area contributed by atoms with E-state index in [1.807, 2.05) is 30.3 Å². The van der Waals surface area contributed by atoms with Gasteiger partial charge in [-0.2, -0.15) is 0 Å². The highest BCUT2D eigenvalue weighted by Gasteiger charge is 2.30. The van der Waals surface area contributed by atoms with Gasteiger partial charge in [-0.05, 0) is 25.5 Å². The van der Waals surface area contributed by atoms with Crippen LogP contribution in [0.4, 0.5) is 0 Å². The number of ether oxygens (including phenoxy) is 2. The molecule has 1 aliphatic heterocycles. The van der Waals surface area contributed by atoms with Crippen LogP contribution in [0.25, 0.3) is 0 Å². The average Bonchev–Trinajstić information content (AvgIpc) is 2.54. The lowest BCUT2D eigenvalue weighted by molar-refractivity contribution is -0.138. The molecule has 1 heterocycles. The molecule has 0 fully saturated rings. The minimum absolute atomic E-state index is 0.272. The second-order valence-corrected chi connectivity index (χ2v) is 4.84. The van der Waals surface area contributed by atoms with E-state index < -0.39 is 11.9 Å². The van der Waals surface area contributed by atoms with Gasteiger partial charge in [0, 0.05) is 5.70 Å². The number of benzene rings is 1. The van der Waals surface area contributed by atoms with Gasteiger partial charge in [0.15, 0.2) is 0 Å². The first-order valence-electron chi connectivity index (χ1n) is 7.07. The van der Waals surface area contributed by atoms with Crippen LogP contribution in [-0.4, -0.2) is 25.7 Å². The topological polar surface area (TPSA) is 64.6 Å². The van der Waals surface area contributed by atoms with E-state index in [1.54, 1.807) is 19.9 Å². The number of nitrogens with one attached hydrogen (secondary N) is 1. The molecular formula is C17H19NO4. The van der Waals surface area contributed by atoms with Crippen molar-refractivity contribution >= 4 is 11.9 Å². The van der Waals surface area contributed by atoms with Crippen molar-refractivity contribution in [1.29, 1.82) is 0 Å². The van der Waals surface area contributed by atoms with Crippen LogP contribution in [0, 0.1) is 0 Å². The standard InChI is InChI=1S/C17H19NO4/c1-4-22-17(20)14-10-13(16(19)21-3)11(2)18-15(14)12-8-6-5-7-9-12/h5-10,15,18H,4H2,1-3H3. The predicted molar refractivity (Wildman–Crippen MR) is 81.8 cm³/mol. The summed E-state index contributed by atoms with van der Waals surface area (Å²) in [4.78, 5) is 24.1. The van der Waals surface area contributed by atoms with E-state index in [0.717, 1.165) is 5.56 Å². The van der Waals surface area contributed by atoms with Crippen molar-refractivity contribution in [2.24, 2.45) is 0 Å². The fourth-order valence-corrected chi connectivity index (χ4v) is 2.34. The Morgan fingerprint density at radius 1 is 1.18 bits per heavy atom. The molecule has 0 saturated heterocycles. The molecule has 5 nitrogen and oxygen atoms in total. The molecule has 1 unspecified atom stereocenters. The number of rotatable bonds is 4. The van der Waals surface area contributed by atoms with E-state index in [9.17, 15) is 9.59 Å². The number of hydrogen-bond donors (Lipinski definition) is 1. The summed E-state index contributed by atoms with van der Waals surface area (Å²) in [5.41, 5.74) is 2.30. The van der Waals surface area contributed by atoms with Crippen molar-refractivity contribution in [1.82, 2.24) is 5.32 Å². The summed E-state index contributed by atoms with van der Waals surface area (Å²) in [7, 11) is 1.31. The fourth-order valence-electron chi connectivity index (χ4n) is 2.34.